The van der Waals surface area contributed by atoms with Crippen LogP contribution in [0.1, 0.15) is 32.6 Å². The van der Waals surface area contributed by atoms with Gasteiger partial charge in [-0.15, -0.1) is 13.2 Å². The van der Waals surface area contributed by atoms with Crippen molar-refractivity contribution in [2.45, 2.75) is 44.5 Å². The maximum atomic E-state index is 12.8. The predicted molar refractivity (Wildman–Crippen MR) is 103 cm³/mol. The maximum absolute atomic E-state index is 12.8. The Morgan fingerprint density at radius 2 is 1.91 bits per heavy atom. The molecule has 0 radical (unpaired) electrons. The van der Waals surface area contributed by atoms with Gasteiger partial charge in [-0.2, -0.15) is 0 Å². The molecule has 9 nitrogen and oxygen atoms in total. The zero-order valence-electron chi connectivity index (χ0n) is 17.2. The number of alkyl halides is 3. The highest BCUT2D eigenvalue weighted by atomic mass is 19.4. The van der Waals surface area contributed by atoms with Gasteiger partial charge in [-0.05, 0) is 43.0 Å². The van der Waals surface area contributed by atoms with Gasteiger partial charge >= 0.3 is 18.4 Å². The number of halogens is 3. The summed E-state index contributed by atoms with van der Waals surface area (Å²) in [6.07, 6.45) is -1.80. The quantitative estimate of drug-likeness (QED) is 0.501. The van der Waals surface area contributed by atoms with Crippen LogP contribution in [0.2, 0.25) is 0 Å². The molecule has 32 heavy (non-hydrogen) atoms. The number of esters is 1. The van der Waals surface area contributed by atoms with E-state index in [9.17, 15) is 32.3 Å². The van der Waals surface area contributed by atoms with Crippen LogP contribution in [0.25, 0.3) is 0 Å². The minimum atomic E-state index is -4.83. The first-order valence-corrected chi connectivity index (χ1v) is 9.95. The van der Waals surface area contributed by atoms with E-state index in [2.05, 4.69) is 15.4 Å². The lowest BCUT2D eigenvalue weighted by Gasteiger charge is -2.36. The summed E-state index contributed by atoms with van der Waals surface area (Å²) in [4.78, 5) is 49.9. The van der Waals surface area contributed by atoms with Gasteiger partial charge in [0.2, 0.25) is 0 Å². The molecule has 1 heterocycles. The summed E-state index contributed by atoms with van der Waals surface area (Å²) in [5.41, 5.74) is -0.850. The highest BCUT2D eigenvalue weighted by Crippen LogP contribution is 2.38. The number of nitrogens with one attached hydrogen (secondary N) is 2. The lowest BCUT2D eigenvalue weighted by atomic mass is 9.73. The van der Waals surface area contributed by atoms with E-state index in [1.165, 1.54) is 12.1 Å². The molecule has 0 bridgehead atoms. The van der Waals surface area contributed by atoms with Crippen molar-refractivity contribution < 1.29 is 41.8 Å². The zero-order valence-corrected chi connectivity index (χ0v) is 17.2. The van der Waals surface area contributed by atoms with Gasteiger partial charge in [-0.3, -0.25) is 19.3 Å². The molecular formula is C20H22F3N3O6. The van der Waals surface area contributed by atoms with E-state index < -0.39 is 54.6 Å². The van der Waals surface area contributed by atoms with Crippen molar-refractivity contribution in [2.24, 2.45) is 5.92 Å². The fraction of sp³-hybridized carbons (Fsp3) is 0.500. The van der Waals surface area contributed by atoms with Crippen molar-refractivity contribution in [1.82, 2.24) is 10.2 Å². The maximum Gasteiger partial charge on any atom is 0.573 e. The van der Waals surface area contributed by atoms with Gasteiger partial charge in [-0.25, -0.2) is 4.79 Å². The third kappa shape index (κ3) is 5.29. The van der Waals surface area contributed by atoms with Crippen molar-refractivity contribution in [3.05, 3.63) is 24.3 Å². The summed E-state index contributed by atoms with van der Waals surface area (Å²) in [7, 11) is 0. The fourth-order valence-electron chi connectivity index (χ4n) is 3.90. The zero-order chi connectivity index (χ0) is 23.5. The Labute approximate surface area is 181 Å². The van der Waals surface area contributed by atoms with Crippen LogP contribution in [0.5, 0.6) is 5.75 Å². The summed E-state index contributed by atoms with van der Waals surface area (Å²) in [6, 6.07) is 3.70. The molecule has 1 saturated carbocycles. The van der Waals surface area contributed by atoms with Crippen LogP contribution in [0.15, 0.2) is 24.3 Å². The Morgan fingerprint density at radius 1 is 1.22 bits per heavy atom. The summed E-state index contributed by atoms with van der Waals surface area (Å²) >= 11 is 0. The van der Waals surface area contributed by atoms with Gasteiger partial charge in [0.1, 0.15) is 17.8 Å². The largest absolute Gasteiger partial charge is 0.573 e. The van der Waals surface area contributed by atoms with Crippen LogP contribution >= 0.6 is 0 Å². The normalized spacial score (nSPS) is 23.1. The number of rotatable bonds is 6. The van der Waals surface area contributed by atoms with Gasteiger partial charge < -0.3 is 20.1 Å². The van der Waals surface area contributed by atoms with E-state index in [-0.39, 0.29) is 11.6 Å². The summed E-state index contributed by atoms with van der Waals surface area (Å²) in [5, 5.41) is 5.05. The molecule has 174 valence electrons. The number of carbonyl (C=O) groups excluding carboxylic acids is 4. The average Bonchev–Trinajstić information content (AvgIpc) is 2.94. The first-order chi connectivity index (χ1) is 15.0. The molecule has 1 saturated heterocycles. The Balaban J connectivity index is 1.48. The van der Waals surface area contributed by atoms with Crippen LogP contribution in [0.4, 0.5) is 23.7 Å². The molecule has 1 spiro atoms. The number of hydrogen-bond acceptors (Lipinski definition) is 6. The van der Waals surface area contributed by atoms with E-state index in [1.807, 2.05) is 6.92 Å². The SMILES string of the molecule is CC1CCCCC12NC(=O)N(CC(=O)OCC(=O)Nc1ccc(OC(F)(F)F)cc1)C2=O. The highest BCUT2D eigenvalue weighted by Gasteiger charge is 2.55. The molecule has 0 aromatic heterocycles. The van der Waals surface area contributed by atoms with Crippen molar-refractivity contribution in [3.8, 4) is 5.75 Å². The van der Waals surface area contributed by atoms with Crippen LogP contribution in [-0.2, 0) is 19.1 Å². The average molecular weight is 457 g/mol. The van der Waals surface area contributed by atoms with Crippen molar-refractivity contribution >= 4 is 29.5 Å². The summed E-state index contributed by atoms with van der Waals surface area (Å²) < 4.78 is 45.0. The molecule has 4 amide bonds. The molecule has 2 fully saturated rings. The molecule has 1 aromatic carbocycles. The van der Waals surface area contributed by atoms with E-state index in [4.69, 9.17) is 4.74 Å². The van der Waals surface area contributed by atoms with Gasteiger partial charge in [0.25, 0.3) is 11.8 Å². The number of hydrogen-bond donors (Lipinski definition) is 2. The van der Waals surface area contributed by atoms with Crippen molar-refractivity contribution in [1.29, 1.82) is 0 Å². The Bertz CT molecular complexity index is 905. The van der Waals surface area contributed by atoms with Crippen LogP contribution in [-0.4, -0.2) is 53.8 Å². The number of carbonyl (C=O) groups is 4. The monoisotopic (exact) mass is 457 g/mol. The topological polar surface area (TPSA) is 114 Å². The number of imide groups is 1. The second-order valence-electron chi connectivity index (χ2n) is 7.72. The van der Waals surface area contributed by atoms with E-state index in [1.54, 1.807) is 0 Å². The van der Waals surface area contributed by atoms with Crippen LogP contribution in [0.3, 0.4) is 0 Å². The minimum Gasteiger partial charge on any atom is -0.454 e. The second kappa shape index (κ2) is 9.05. The number of urea groups is 1. The van der Waals surface area contributed by atoms with E-state index >= 15 is 0 Å². The molecule has 12 heteroatoms. The molecule has 2 aliphatic rings. The fourth-order valence-corrected chi connectivity index (χ4v) is 3.90. The lowest BCUT2D eigenvalue weighted by molar-refractivity contribution is -0.274. The molecular weight excluding hydrogens is 435 g/mol. The standard InChI is InChI=1S/C20H22F3N3O6/c1-12-4-2-3-9-19(12)17(29)26(18(30)25-19)10-16(28)31-11-15(27)24-13-5-7-14(8-6-13)32-20(21,22)23/h5-8,12H,2-4,9-11H2,1H3,(H,24,27)(H,25,30). The Morgan fingerprint density at radius 3 is 2.53 bits per heavy atom. The lowest BCUT2D eigenvalue weighted by Crippen LogP contribution is -2.54. The van der Waals surface area contributed by atoms with Gasteiger partial charge in [0.05, 0.1) is 0 Å². The molecule has 3 rings (SSSR count). The smallest absolute Gasteiger partial charge is 0.454 e. The van der Waals surface area contributed by atoms with E-state index in [0.717, 1.165) is 36.3 Å². The van der Waals surface area contributed by atoms with Gasteiger partial charge in [0, 0.05) is 5.69 Å². The molecule has 1 aliphatic carbocycles. The first-order valence-electron chi connectivity index (χ1n) is 9.95. The number of nitrogens with zero attached hydrogens (tertiary/aromatic N) is 1. The molecule has 2 atom stereocenters. The number of benzene rings is 1. The van der Waals surface area contributed by atoms with Crippen LogP contribution < -0.4 is 15.4 Å². The summed E-state index contributed by atoms with van der Waals surface area (Å²) in [5.74, 6) is -2.69. The van der Waals surface area contributed by atoms with Gasteiger partial charge in [-0.1, -0.05) is 19.8 Å². The van der Waals surface area contributed by atoms with Gasteiger partial charge in [0.15, 0.2) is 6.61 Å². The first kappa shape index (κ1) is 23.4. The van der Waals surface area contributed by atoms with E-state index in [0.29, 0.717) is 6.42 Å². The number of anilines is 1. The molecule has 1 aliphatic heterocycles. The number of amides is 4. The molecule has 2 N–H and O–H groups in total. The Hall–Kier alpha value is -3.31. The van der Waals surface area contributed by atoms with Crippen LogP contribution in [0, 0.1) is 5.92 Å². The highest BCUT2D eigenvalue weighted by molar-refractivity contribution is 6.09. The molecule has 2 unspecified atom stereocenters. The third-order valence-electron chi connectivity index (χ3n) is 5.52. The minimum absolute atomic E-state index is 0.0626. The molecule has 1 aromatic rings. The summed E-state index contributed by atoms with van der Waals surface area (Å²) in [6.45, 7) is 0.548. The third-order valence-corrected chi connectivity index (χ3v) is 5.52. The number of ether oxygens (including phenoxy) is 2. The second-order valence-corrected chi connectivity index (χ2v) is 7.72. The Kier molecular flexibility index (Phi) is 6.60. The van der Waals surface area contributed by atoms with Crippen molar-refractivity contribution in [3.63, 3.8) is 0 Å². The van der Waals surface area contributed by atoms with Crippen molar-refractivity contribution in [2.75, 3.05) is 18.5 Å². The predicted octanol–water partition coefficient (Wildman–Crippen LogP) is 2.57.